The van der Waals surface area contributed by atoms with Crippen molar-refractivity contribution in [3.8, 4) is 0 Å². The third-order valence-corrected chi connectivity index (χ3v) is 2.67. The van der Waals surface area contributed by atoms with Gasteiger partial charge in [-0.15, -0.1) is 6.58 Å². The lowest BCUT2D eigenvalue weighted by molar-refractivity contribution is -0.120. The number of carbonyl (C=O) groups is 1. The first-order chi connectivity index (χ1) is 7.06. The normalized spacial score (nSPS) is 10.1. The number of rotatable bonds is 4. The van der Waals surface area contributed by atoms with Crippen LogP contribution in [0.5, 0.6) is 0 Å². The Bertz CT molecular complexity index is 377. The second-order valence-corrected chi connectivity index (χ2v) is 3.72. The maximum Gasteiger partial charge on any atom is 0.224 e. The molecule has 1 aromatic heterocycles. The quantitative estimate of drug-likeness (QED) is 0.744. The summed E-state index contributed by atoms with van der Waals surface area (Å²) in [5, 5.41) is 2.77. The van der Waals surface area contributed by atoms with Crippen LogP contribution in [0, 0.1) is 13.8 Å². The Balaban J connectivity index is 2.68. The van der Waals surface area contributed by atoms with E-state index in [2.05, 4.69) is 22.5 Å². The SMILES string of the molecule is C=CCNC(=O)Cc1cc(C)n(C)c1C. The van der Waals surface area contributed by atoms with Crippen molar-refractivity contribution in [2.24, 2.45) is 7.05 Å². The number of hydrogen-bond acceptors (Lipinski definition) is 1. The van der Waals surface area contributed by atoms with Crippen molar-refractivity contribution in [1.29, 1.82) is 0 Å². The maximum atomic E-state index is 11.5. The summed E-state index contributed by atoms with van der Waals surface area (Å²) in [6.45, 7) is 8.16. The molecule has 0 aliphatic rings. The molecule has 15 heavy (non-hydrogen) atoms. The van der Waals surface area contributed by atoms with Gasteiger partial charge < -0.3 is 9.88 Å². The van der Waals surface area contributed by atoms with E-state index in [1.807, 2.05) is 20.9 Å². The molecule has 0 saturated heterocycles. The van der Waals surface area contributed by atoms with Crippen LogP contribution in [0.1, 0.15) is 17.0 Å². The summed E-state index contributed by atoms with van der Waals surface area (Å²) in [6, 6.07) is 2.06. The van der Waals surface area contributed by atoms with Crippen molar-refractivity contribution >= 4 is 5.91 Å². The van der Waals surface area contributed by atoms with E-state index in [1.165, 1.54) is 5.69 Å². The number of aromatic nitrogens is 1. The maximum absolute atomic E-state index is 11.5. The predicted molar refractivity (Wildman–Crippen MR) is 61.8 cm³/mol. The Labute approximate surface area is 90.8 Å². The molecule has 1 N–H and O–H groups in total. The van der Waals surface area contributed by atoms with E-state index in [1.54, 1.807) is 6.08 Å². The highest BCUT2D eigenvalue weighted by Gasteiger charge is 2.09. The highest BCUT2D eigenvalue weighted by Crippen LogP contribution is 2.13. The summed E-state index contributed by atoms with van der Waals surface area (Å²) < 4.78 is 2.09. The smallest absolute Gasteiger partial charge is 0.224 e. The average molecular weight is 206 g/mol. The van der Waals surface area contributed by atoms with Crippen LogP contribution in [0.4, 0.5) is 0 Å². The van der Waals surface area contributed by atoms with Crippen LogP contribution in [0.3, 0.4) is 0 Å². The molecule has 0 spiro atoms. The second-order valence-electron chi connectivity index (χ2n) is 3.72. The number of amides is 1. The van der Waals surface area contributed by atoms with Gasteiger partial charge in [0.1, 0.15) is 0 Å². The zero-order valence-corrected chi connectivity index (χ0v) is 9.63. The van der Waals surface area contributed by atoms with E-state index in [9.17, 15) is 4.79 Å². The van der Waals surface area contributed by atoms with Crippen LogP contribution in [0.15, 0.2) is 18.7 Å². The first kappa shape index (κ1) is 11.6. The van der Waals surface area contributed by atoms with Crippen molar-refractivity contribution in [2.45, 2.75) is 20.3 Å². The van der Waals surface area contributed by atoms with Gasteiger partial charge in [-0.25, -0.2) is 0 Å². The Hall–Kier alpha value is -1.51. The Morgan fingerprint density at radius 1 is 1.60 bits per heavy atom. The fourth-order valence-corrected chi connectivity index (χ4v) is 1.53. The lowest BCUT2D eigenvalue weighted by atomic mass is 10.1. The highest BCUT2D eigenvalue weighted by atomic mass is 16.1. The van der Waals surface area contributed by atoms with E-state index in [4.69, 9.17) is 0 Å². The van der Waals surface area contributed by atoms with Crippen molar-refractivity contribution in [1.82, 2.24) is 9.88 Å². The Morgan fingerprint density at radius 2 is 2.27 bits per heavy atom. The molecule has 0 aliphatic heterocycles. The zero-order valence-electron chi connectivity index (χ0n) is 9.63. The molecule has 0 atom stereocenters. The van der Waals surface area contributed by atoms with Gasteiger partial charge in [-0.1, -0.05) is 6.08 Å². The summed E-state index contributed by atoms with van der Waals surface area (Å²) in [5.41, 5.74) is 3.43. The van der Waals surface area contributed by atoms with Gasteiger partial charge in [-0.2, -0.15) is 0 Å². The van der Waals surface area contributed by atoms with Gasteiger partial charge in [0, 0.05) is 25.0 Å². The molecule has 82 valence electrons. The topological polar surface area (TPSA) is 34.0 Å². The first-order valence-corrected chi connectivity index (χ1v) is 5.05. The van der Waals surface area contributed by atoms with Crippen LogP contribution in [-0.2, 0) is 18.3 Å². The number of nitrogens with one attached hydrogen (secondary N) is 1. The third kappa shape index (κ3) is 2.72. The monoisotopic (exact) mass is 206 g/mol. The first-order valence-electron chi connectivity index (χ1n) is 5.05. The minimum atomic E-state index is 0.0450. The Kier molecular flexibility index (Phi) is 3.72. The molecule has 0 aromatic carbocycles. The lowest BCUT2D eigenvalue weighted by Crippen LogP contribution is -2.25. The Morgan fingerprint density at radius 3 is 2.73 bits per heavy atom. The van der Waals surface area contributed by atoms with Crippen LogP contribution < -0.4 is 5.32 Å². The van der Waals surface area contributed by atoms with Gasteiger partial charge >= 0.3 is 0 Å². The summed E-state index contributed by atoms with van der Waals surface area (Å²) in [6.07, 6.45) is 2.13. The van der Waals surface area contributed by atoms with Crippen molar-refractivity contribution < 1.29 is 4.79 Å². The standard InChI is InChI=1S/C12H18N2O/c1-5-6-13-12(15)8-11-7-9(2)14(4)10(11)3/h5,7H,1,6,8H2,2-4H3,(H,13,15). The summed E-state index contributed by atoms with van der Waals surface area (Å²) in [7, 11) is 2.01. The fourth-order valence-electron chi connectivity index (χ4n) is 1.53. The molecular formula is C12H18N2O. The minimum absolute atomic E-state index is 0.0450. The van der Waals surface area contributed by atoms with E-state index < -0.39 is 0 Å². The molecule has 0 saturated carbocycles. The second kappa shape index (κ2) is 4.82. The van der Waals surface area contributed by atoms with Gasteiger partial charge in [-0.3, -0.25) is 4.79 Å². The number of aryl methyl sites for hydroxylation is 1. The number of nitrogens with zero attached hydrogens (tertiary/aromatic N) is 1. The molecule has 0 unspecified atom stereocenters. The van der Waals surface area contributed by atoms with Crippen LogP contribution in [0.2, 0.25) is 0 Å². The summed E-state index contributed by atoms with van der Waals surface area (Å²) >= 11 is 0. The molecule has 3 nitrogen and oxygen atoms in total. The fraction of sp³-hybridized carbons (Fsp3) is 0.417. The summed E-state index contributed by atoms with van der Waals surface area (Å²) in [4.78, 5) is 11.5. The van der Waals surface area contributed by atoms with Crippen LogP contribution in [-0.4, -0.2) is 17.0 Å². The van der Waals surface area contributed by atoms with E-state index in [0.29, 0.717) is 13.0 Å². The molecule has 1 rings (SSSR count). The van der Waals surface area contributed by atoms with Crippen molar-refractivity contribution in [2.75, 3.05) is 6.54 Å². The molecule has 0 fully saturated rings. The summed E-state index contributed by atoms with van der Waals surface area (Å²) in [5.74, 6) is 0.0450. The van der Waals surface area contributed by atoms with Crippen molar-refractivity contribution in [3.63, 3.8) is 0 Å². The molecule has 1 aromatic rings. The van der Waals surface area contributed by atoms with Crippen LogP contribution >= 0.6 is 0 Å². The molecule has 3 heteroatoms. The molecular weight excluding hydrogens is 188 g/mol. The lowest BCUT2D eigenvalue weighted by Gasteiger charge is -2.03. The molecule has 0 aliphatic carbocycles. The van der Waals surface area contributed by atoms with Gasteiger partial charge in [-0.05, 0) is 25.5 Å². The molecule has 0 bridgehead atoms. The molecule has 0 radical (unpaired) electrons. The average Bonchev–Trinajstić information content (AvgIpc) is 2.43. The van der Waals surface area contributed by atoms with Gasteiger partial charge in [0.25, 0.3) is 0 Å². The van der Waals surface area contributed by atoms with Gasteiger partial charge in [0.05, 0.1) is 6.42 Å². The zero-order chi connectivity index (χ0) is 11.4. The minimum Gasteiger partial charge on any atom is -0.352 e. The van der Waals surface area contributed by atoms with E-state index in [-0.39, 0.29) is 5.91 Å². The van der Waals surface area contributed by atoms with Gasteiger partial charge in [0.2, 0.25) is 5.91 Å². The molecule has 1 amide bonds. The predicted octanol–water partition coefficient (Wildman–Crippen LogP) is 1.49. The third-order valence-electron chi connectivity index (χ3n) is 2.67. The highest BCUT2D eigenvalue weighted by molar-refractivity contribution is 5.79. The number of hydrogen-bond donors (Lipinski definition) is 1. The van der Waals surface area contributed by atoms with Crippen molar-refractivity contribution in [3.05, 3.63) is 35.7 Å². The number of carbonyl (C=O) groups excluding carboxylic acids is 1. The van der Waals surface area contributed by atoms with E-state index in [0.717, 1.165) is 11.3 Å². The molecule has 1 heterocycles. The van der Waals surface area contributed by atoms with Gasteiger partial charge in [0.15, 0.2) is 0 Å². The van der Waals surface area contributed by atoms with Crippen LogP contribution in [0.25, 0.3) is 0 Å². The van der Waals surface area contributed by atoms with E-state index >= 15 is 0 Å². The largest absolute Gasteiger partial charge is 0.352 e.